The maximum Gasteiger partial charge on any atom is 0.181 e. The number of hydrogen-bond acceptors (Lipinski definition) is 5. The van der Waals surface area contributed by atoms with Crippen molar-refractivity contribution in [3.05, 3.63) is 41.0 Å². The molecule has 5 rings (SSSR count). The van der Waals surface area contributed by atoms with E-state index in [-0.39, 0.29) is 0 Å². The lowest BCUT2D eigenvalue weighted by atomic mass is 9.82. The van der Waals surface area contributed by atoms with Crippen molar-refractivity contribution in [3.8, 4) is 22.5 Å². The highest BCUT2D eigenvalue weighted by Crippen LogP contribution is 2.44. The zero-order chi connectivity index (χ0) is 18.2. The van der Waals surface area contributed by atoms with Crippen LogP contribution in [-0.4, -0.2) is 30.6 Å². The number of fused-ring (bicyclic) bond motifs is 1. The van der Waals surface area contributed by atoms with Crippen LogP contribution >= 0.6 is 0 Å². The van der Waals surface area contributed by atoms with E-state index in [1.54, 1.807) is 0 Å². The smallest absolute Gasteiger partial charge is 0.181 e. The molecule has 138 valence electrons. The summed E-state index contributed by atoms with van der Waals surface area (Å²) >= 11 is 0. The van der Waals surface area contributed by atoms with Crippen molar-refractivity contribution in [2.24, 2.45) is 0 Å². The van der Waals surface area contributed by atoms with E-state index in [0.29, 0.717) is 5.92 Å². The van der Waals surface area contributed by atoms with E-state index in [1.807, 2.05) is 13.1 Å². The van der Waals surface area contributed by atoms with E-state index in [9.17, 15) is 0 Å². The number of aromatic amines is 1. The second-order valence-electron chi connectivity index (χ2n) is 7.80. The van der Waals surface area contributed by atoms with E-state index in [1.165, 1.54) is 66.6 Å². The maximum absolute atomic E-state index is 5.21. The highest BCUT2D eigenvalue weighted by molar-refractivity contribution is 5.85. The molecule has 0 saturated heterocycles. The van der Waals surface area contributed by atoms with Gasteiger partial charge >= 0.3 is 0 Å². The van der Waals surface area contributed by atoms with Gasteiger partial charge in [-0.25, -0.2) is 5.10 Å². The first-order valence-corrected chi connectivity index (χ1v) is 10.0. The molecule has 6 nitrogen and oxygen atoms in total. The predicted octanol–water partition coefficient (Wildman–Crippen LogP) is 4.17. The first-order chi connectivity index (χ1) is 13.3. The first-order valence-electron chi connectivity index (χ1n) is 10.0. The predicted molar refractivity (Wildman–Crippen MR) is 103 cm³/mol. The van der Waals surface area contributed by atoms with Crippen molar-refractivity contribution < 1.29 is 0 Å². The molecular weight excluding hydrogens is 336 g/mol. The van der Waals surface area contributed by atoms with E-state index < -0.39 is 0 Å². The number of hydrogen-bond donors (Lipinski definition) is 1. The molecule has 3 heterocycles. The quantitative estimate of drug-likeness (QED) is 0.758. The highest BCUT2D eigenvalue weighted by Gasteiger charge is 2.30. The Hall–Kier alpha value is -2.63. The van der Waals surface area contributed by atoms with E-state index in [4.69, 9.17) is 4.98 Å². The van der Waals surface area contributed by atoms with Gasteiger partial charge in [0.25, 0.3) is 0 Å². The van der Waals surface area contributed by atoms with Gasteiger partial charge in [-0.3, -0.25) is 9.97 Å². The number of rotatable bonds is 3. The lowest BCUT2D eigenvalue weighted by Gasteiger charge is -2.26. The molecule has 0 aliphatic heterocycles. The molecule has 1 fully saturated rings. The summed E-state index contributed by atoms with van der Waals surface area (Å²) in [5.41, 5.74) is 8.44. The number of pyridine rings is 2. The topological polar surface area (TPSA) is 80.2 Å². The third kappa shape index (κ3) is 2.93. The average Bonchev–Trinajstić information content (AvgIpc) is 3.39. The van der Waals surface area contributed by atoms with Crippen LogP contribution in [0.1, 0.15) is 67.1 Å². The number of tetrazole rings is 1. The fourth-order valence-corrected chi connectivity index (χ4v) is 4.80. The summed E-state index contributed by atoms with van der Waals surface area (Å²) in [4.78, 5) is 9.61. The van der Waals surface area contributed by atoms with Crippen LogP contribution in [0.25, 0.3) is 22.5 Å². The number of aromatic nitrogens is 6. The van der Waals surface area contributed by atoms with Gasteiger partial charge in [-0.15, -0.1) is 5.10 Å². The number of nitrogens with one attached hydrogen (secondary N) is 1. The van der Waals surface area contributed by atoms with Gasteiger partial charge in [0.2, 0.25) is 0 Å². The maximum atomic E-state index is 5.21. The zero-order valence-electron chi connectivity index (χ0n) is 15.7. The van der Waals surface area contributed by atoms with Crippen molar-refractivity contribution >= 4 is 0 Å². The Labute approximate surface area is 158 Å². The van der Waals surface area contributed by atoms with Gasteiger partial charge in [-0.05, 0) is 78.3 Å². The summed E-state index contributed by atoms with van der Waals surface area (Å²) in [7, 11) is 0. The summed E-state index contributed by atoms with van der Waals surface area (Å²) in [5.74, 6) is 1.23. The third-order valence-corrected chi connectivity index (χ3v) is 6.01. The molecule has 0 bridgehead atoms. The van der Waals surface area contributed by atoms with Crippen molar-refractivity contribution in [1.29, 1.82) is 0 Å². The second kappa shape index (κ2) is 6.83. The monoisotopic (exact) mass is 360 g/mol. The van der Waals surface area contributed by atoms with Gasteiger partial charge in [0.1, 0.15) is 0 Å². The van der Waals surface area contributed by atoms with Crippen LogP contribution in [0.2, 0.25) is 0 Å². The minimum atomic E-state index is 0.492. The Morgan fingerprint density at radius 3 is 2.70 bits per heavy atom. The number of H-pyrrole nitrogens is 1. The zero-order valence-corrected chi connectivity index (χ0v) is 15.7. The Morgan fingerprint density at radius 1 is 1.04 bits per heavy atom. The molecule has 27 heavy (non-hydrogen) atoms. The minimum absolute atomic E-state index is 0.492. The Kier molecular flexibility index (Phi) is 4.19. The lowest BCUT2D eigenvalue weighted by molar-refractivity contribution is 0.437. The molecule has 0 radical (unpaired) electrons. The largest absolute Gasteiger partial charge is 0.262 e. The lowest BCUT2D eigenvalue weighted by Crippen LogP contribution is -2.12. The Bertz CT molecular complexity index is 957. The Morgan fingerprint density at radius 2 is 1.93 bits per heavy atom. The van der Waals surface area contributed by atoms with Crippen LogP contribution < -0.4 is 0 Å². The summed E-state index contributed by atoms with van der Waals surface area (Å²) in [6, 6.07) is 4.28. The van der Waals surface area contributed by atoms with Gasteiger partial charge in [-0.2, -0.15) is 0 Å². The van der Waals surface area contributed by atoms with Crippen molar-refractivity contribution in [2.75, 3.05) is 0 Å². The van der Waals surface area contributed by atoms with Gasteiger partial charge in [-0.1, -0.05) is 19.3 Å². The summed E-state index contributed by atoms with van der Waals surface area (Å²) < 4.78 is 0. The molecule has 2 aliphatic rings. The SMILES string of the molecule is Cc1cc(-c2c3c(nc(C4CCCCC4)c2-c2nnn[nH]2)CCC3)ccn1. The van der Waals surface area contributed by atoms with Crippen LogP contribution in [0, 0.1) is 6.92 Å². The molecule has 6 heteroatoms. The van der Waals surface area contributed by atoms with Crippen molar-refractivity contribution in [2.45, 2.75) is 64.2 Å². The van der Waals surface area contributed by atoms with Gasteiger partial charge < -0.3 is 0 Å². The molecule has 1 saturated carbocycles. The number of nitrogens with zero attached hydrogens (tertiary/aromatic N) is 5. The summed E-state index contributed by atoms with van der Waals surface area (Å²) in [6.45, 7) is 2.04. The van der Waals surface area contributed by atoms with Crippen LogP contribution in [0.5, 0.6) is 0 Å². The van der Waals surface area contributed by atoms with Gasteiger partial charge in [0.15, 0.2) is 5.82 Å². The van der Waals surface area contributed by atoms with Gasteiger partial charge in [0.05, 0.1) is 11.3 Å². The minimum Gasteiger partial charge on any atom is -0.262 e. The van der Waals surface area contributed by atoms with Crippen LogP contribution in [0.4, 0.5) is 0 Å². The van der Waals surface area contributed by atoms with E-state index >= 15 is 0 Å². The highest BCUT2D eigenvalue weighted by atomic mass is 15.5. The fraction of sp³-hybridized carbons (Fsp3) is 0.476. The standard InChI is InChI=1S/C21H24N6/c1-13-12-15(10-11-22-13)18-16-8-5-9-17(16)23-20(14-6-3-2-4-7-14)19(18)21-24-26-27-25-21/h10-12,14H,2-9H2,1H3,(H,24,25,26,27). The fourth-order valence-electron chi connectivity index (χ4n) is 4.80. The summed E-state index contributed by atoms with van der Waals surface area (Å²) in [5, 5.41) is 15.1. The summed E-state index contributed by atoms with van der Waals surface area (Å²) in [6.07, 6.45) is 11.5. The molecule has 0 spiro atoms. The second-order valence-corrected chi connectivity index (χ2v) is 7.80. The van der Waals surface area contributed by atoms with Gasteiger partial charge in [0, 0.05) is 23.5 Å². The normalized spacial score (nSPS) is 17.2. The molecule has 0 aromatic carbocycles. The van der Waals surface area contributed by atoms with E-state index in [2.05, 4.69) is 37.7 Å². The van der Waals surface area contributed by atoms with Crippen LogP contribution in [0.15, 0.2) is 18.3 Å². The molecule has 0 amide bonds. The molecule has 3 aromatic rings. The Balaban J connectivity index is 1.81. The van der Waals surface area contributed by atoms with Crippen molar-refractivity contribution in [1.82, 2.24) is 30.6 Å². The average molecular weight is 360 g/mol. The van der Waals surface area contributed by atoms with E-state index in [0.717, 1.165) is 29.9 Å². The molecule has 3 aromatic heterocycles. The first kappa shape index (κ1) is 16.5. The molecular formula is C21H24N6. The molecule has 2 aliphatic carbocycles. The van der Waals surface area contributed by atoms with Crippen molar-refractivity contribution in [3.63, 3.8) is 0 Å². The van der Waals surface area contributed by atoms with Crippen LogP contribution in [0.3, 0.4) is 0 Å². The molecule has 0 unspecified atom stereocenters. The molecule has 1 N–H and O–H groups in total. The number of aryl methyl sites for hydroxylation is 2. The van der Waals surface area contributed by atoms with Crippen LogP contribution in [-0.2, 0) is 12.8 Å². The third-order valence-electron chi connectivity index (χ3n) is 6.01. The molecule has 0 atom stereocenters.